The number of aromatic nitrogens is 5. The first-order valence-corrected chi connectivity index (χ1v) is 9.57. The number of nitrogens with one attached hydrogen (secondary N) is 1. The molecule has 1 fully saturated rings. The summed E-state index contributed by atoms with van der Waals surface area (Å²) in [4.78, 5) is 17.0. The van der Waals surface area contributed by atoms with Crippen molar-refractivity contribution in [1.82, 2.24) is 29.7 Å². The van der Waals surface area contributed by atoms with Crippen molar-refractivity contribution >= 4 is 17.5 Å². The van der Waals surface area contributed by atoms with Gasteiger partial charge >= 0.3 is 0 Å². The van der Waals surface area contributed by atoms with Gasteiger partial charge in [0, 0.05) is 17.8 Å². The molecule has 3 aromatic rings. The predicted octanol–water partition coefficient (Wildman–Crippen LogP) is 2.82. The highest BCUT2D eigenvalue weighted by molar-refractivity contribution is 5.95. The lowest BCUT2D eigenvalue weighted by molar-refractivity contribution is 0.0932. The summed E-state index contributed by atoms with van der Waals surface area (Å²) in [5.41, 5.74) is 8.58. The SMILES string of the molecule is CC[C@H](C)NC(=O)c1cc(-c2cnn(C3CCCC3)c2)cc2nc(N)nn12. The summed E-state index contributed by atoms with van der Waals surface area (Å²) in [6.07, 6.45) is 9.60. The molecular formula is C19H25N7O. The van der Waals surface area contributed by atoms with Crippen LogP contribution in [0.25, 0.3) is 16.8 Å². The number of fused-ring (bicyclic) bond motifs is 1. The Hall–Kier alpha value is -2.90. The van der Waals surface area contributed by atoms with Crippen LogP contribution in [0, 0.1) is 0 Å². The molecule has 0 aromatic carbocycles. The average molecular weight is 367 g/mol. The van der Waals surface area contributed by atoms with Crippen molar-refractivity contribution in [3.63, 3.8) is 0 Å². The summed E-state index contributed by atoms with van der Waals surface area (Å²) < 4.78 is 3.54. The van der Waals surface area contributed by atoms with E-state index >= 15 is 0 Å². The third-order valence-corrected chi connectivity index (χ3v) is 5.31. The summed E-state index contributed by atoms with van der Waals surface area (Å²) in [6.45, 7) is 4.00. The number of amides is 1. The lowest BCUT2D eigenvalue weighted by Crippen LogP contribution is -2.33. The molecule has 1 aliphatic carbocycles. The molecule has 1 atom stereocenters. The Morgan fingerprint density at radius 1 is 1.33 bits per heavy atom. The van der Waals surface area contributed by atoms with Gasteiger partial charge in [-0.15, -0.1) is 5.10 Å². The summed E-state index contributed by atoms with van der Waals surface area (Å²) >= 11 is 0. The van der Waals surface area contributed by atoms with Crippen LogP contribution in [0.5, 0.6) is 0 Å². The number of anilines is 1. The number of nitrogens with two attached hydrogens (primary N) is 1. The van der Waals surface area contributed by atoms with E-state index in [4.69, 9.17) is 5.73 Å². The van der Waals surface area contributed by atoms with Crippen molar-refractivity contribution < 1.29 is 4.79 Å². The Labute approximate surface area is 157 Å². The van der Waals surface area contributed by atoms with E-state index in [1.165, 1.54) is 30.2 Å². The molecule has 8 nitrogen and oxygen atoms in total. The van der Waals surface area contributed by atoms with Crippen LogP contribution in [-0.2, 0) is 0 Å². The van der Waals surface area contributed by atoms with Crippen molar-refractivity contribution in [2.45, 2.75) is 58.0 Å². The molecule has 0 saturated heterocycles. The van der Waals surface area contributed by atoms with Gasteiger partial charge < -0.3 is 11.1 Å². The Bertz CT molecular complexity index is 968. The number of pyridine rings is 1. The average Bonchev–Trinajstić information content (AvgIpc) is 3.39. The number of nitrogen functional groups attached to an aromatic ring is 1. The fraction of sp³-hybridized carbons (Fsp3) is 0.474. The first-order valence-electron chi connectivity index (χ1n) is 9.57. The zero-order chi connectivity index (χ0) is 19.0. The first-order chi connectivity index (χ1) is 13.0. The van der Waals surface area contributed by atoms with E-state index in [0.29, 0.717) is 17.4 Å². The van der Waals surface area contributed by atoms with E-state index in [-0.39, 0.29) is 17.9 Å². The predicted molar refractivity (Wildman–Crippen MR) is 103 cm³/mol. The lowest BCUT2D eigenvalue weighted by atomic mass is 10.1. The third-order valence-electron chi connectivity index (χ3n) is 5.31. The fourth-order valence-electron chi connectivity index (χ4n) is 3.58. The van der Waals surface area contributed by atoms with E-state index < -0.39 is 0 Å². The maximum Gasteiger partial charge on any atom is 0.270 e. The van der Waals surface area contributed by atoms with Crippen LogP contribution in [0.1, 0.15) is 62.5 Å². The minimum absolute atomic E-state index is 0.0715. The van der Waals surface area contributed by atoms with Gasteiger partial charge in [0.1, 0.15) is 5.69 Å². The summed E-state index contributed by atoms with van der Waals surface area (Å²) in [5.74, 6) is -0.0457. The molecule has 142 valence electrons. The maximum absolute atomic E-state index is 12.8. The van der Waals surface area contributed by atoms with Crippen molar-refractivity contribution in [3.05, 3.63) is 30.2 Å². The van der Waals surface area contributed by atoms with Crippen molar-refractivity contribution in [3.8, 4) is 11.1 Å². The Balaban J connectivity index is 1.74. The lowest BCUT2D eigenvalue weighted by Gasteiger charge is -2.13. The van der Waals surface area contributed by atoms with Gasteiger partial charge in [0.05, 0.1) is 12.2 Å². The number of hydrogen-bond donors (Lipinski definition) is 2. The molecule has 0 aliphatic heterocycles. The van der Waals surface area contributed by atoms with Gasteiger partial charge in [-0.05, 0) is 43.9 Å². The summed E-state index contributed by atoms with van der Waals surface area (Å²) in [7, 11) is 0. The smallest absolute Gasteiger partial charge is 0.270 e. The largest absolute Gasteiger partial charge is 0.366 e. The quantitative estimate of drug-likeness (QED) is 0.722. The summed E-state index contributed by atoms with van der Waals surface area (Å²) in [6, 6.07) is 4.26. The van der Waals surface area contributed by atoms with E-state index in [2.05, 4.69) is 26.7 Å². The summed E-state index contributed by atoms with van der Waals surface area (Å²) in [5, 5.41) is 11.7. The Morgan fingerprint density at radius 3 is 2.85 bits per heavy atom. The number of nitrogens with zero attached hydrogens (tertiary/aromatic N) is 5. The van der Waals surface area contributed by atoms with E-state index in [1.54, 1.807) is 0 Å². The second-order valence-electron chi connectivity index (χ2n) is 7.30. The molecule has 4 rings (SSSR count). The molecule has 1 saturated carbocycles. The number of carbonyl (C=O) groups excluding carboxylic acids is 1. The zero-order valence-corrected chi connectivity index (χ0v) is 15.7. The van der Waals surface area contributed by atoms with E-state index in [1.807, 2.05) is 36.9 Å². The van der Waals surface area contributed by atoms with Crippen molar-refractivity contribution in [2.24, 2.45) is 0 Å². The second-order valence-corrected chi connectivity index (χ2v) is 7.30. The highest BCUT2D eigenvalue weighted by Gasteiger charge is 2.20. The minimum atomic E-state index is -0.190. The van der Waals surface area contributed by atoms with Crippen LogP contribution >= 0.6 is 0 Å². The molecule has 1 amide bonds. The Kier molecular flexibility index (Phi) is 4.55. The third kappa shape index (κ3) is 3.39. The van der Waals surface area contributed by atoms with E-state index in [9.17, 15) is 4.79 Å². The number of hydrogen-bond acceptors (Lipinski definition) is 5. The van der Waals surface area contributed by atoms with Crippen LogP contribution in [-0.4, -0.2) is 36.3 Å². The molecule has 8 heteroatoms. The van der Waals surface area contributed by atoms with Gasteiger partial charge in [-0.25, -0.2) is 4.52 Å². The topological polar surface area (TPSA) is 103 Å². The van der Waals surface area contributed by atoms with Gasteiger partial charge in [0.25, 0.3) is 5.91 Å². The van der Waals surface area contributed by atoms with Crippen LogP contribution in [0.15, 0.2) is 24.5 Å². The van der Waals surface area contributed by atoms with Crippen LogP contribution in [0.4, 0.5) is 5.95 Å². The Morgan fingerprint density at radius 2 is 2.11 bits per heavy atom. The highest BCUT2D eigenvalue weighted by atomic mass is 16.2. The van der Waals surface area contributed by atoms with E-state index in [0.717, 1.165) is 17.5 Å². The molecule has 0 bridgehead atoms. The zero-order valence-electron chi connectivity index (χ0n) is 15.7. The van der Waals surface area contributed by atoms with Crippen LogP contribution < -0.4 is 11.1 Å². The number of rotatable bonds is 5. The van der Waals surface area contributed by atoms with Crippen molar-refractivity contribution in [1.29, 1.82) is 0 Å². The highest BCUT2D eigenvalue weighted by Crippen LogP contribution is 2.31. The van der Waals surface area contributed by atoms with Crippen LogP contribution in [0.2, 0.25) is 0 Å². The van der Waals surface area contributed by atoms with Crippen LogP contribution in [0.3, 0.4) is 0 Å². The molecule has 0 spiro atoms. The van der Waals surface area contributed by atoms with Gasteiger partial charge in [-0.1, -0.05) is 19.8 Å². The second kappa shape index (κ2) is 7.02. The molecule has 1 aliphatic rings. The number of carbonyl (C=O) groups is 1. The monoisotopic (exact) mass is 367 g/mol. The molecule has 3 heterocycles. The molecule has 3 N–H and O–H groups in total. The normalized spacial score (nSPS) is 16.1. The molecule has 0 unspecified atom stereocenters. The molecular weight excluding hydrogens is 342 g/mol. The van der Waals surface area contributed by atoms with Gasteiger partial charge in [0.15, 0.2) is 5.65 Å². The van der Waals surface area contributed by atoms with Gasteiger partial charge in [0.2, 0.25) is 5.95 Å². The maximum atomic E-state index is 12.8. The molecule has 0 radical (unpaired) electrons. The first kappa shape index (κ1) is 17.5. The van der Waals surface area contributed by atoms with Gasteiger partial charge in [-0.3, -0.25) is 9.48 Å². The fourth-order valence-corrected chi connectivity index (χ4v) is 3.58. The molecule has 27 heavy (non-hydrogen) atoms. The minimum Gasteiger partial charge on any atom is -0.366 e. The van der Waals surface area contributed by atoms with Gasteiger partial charge in [-0.2, -0.15) is 10.1 Å². The molecule has 3 aromatic heterocycles. The standard InChI is InChI=1S/C19H25N7O/c1-3-12(2)22-18(27)16-8-13(9-17-23-19(20)24-26(16)17)14-10-21-25(11-14)15-6-4-5-7-15/h8-12,15H,3-7H2,1-2H3,(H2,20,24)(H,22,27)/t12-/m0/s1. The van der Waals surface area contributed by atoms with Crippen molar-refractivity contribution in [2.75, 3.05) is 5.73 Å².